The van der Waals surface area contributed by atoms with E-state index in [1.807, 2.05) is 54.6 Å². The first-order valence-electron chi connectivity index (χ1n) is 9.75. The molecule has 1 heterocycles. The van der Waals surface area contributed by atoms with Gasteiger partial charge in [-0.15, -0.1) is 0 Å². The lowest BCUT2D eigenvalue weighted by molar-refractivity contribution is -0.142. The van der Waals surface area contributed by atoms with Crippen LogP contribution in [0.4, 0.5) is 5.69 Å². The molecule has 0 aliphatic rings. The molecule has 0 fully saturated rings. The number of methoxy groups -OCH3 is 1. The number of carbonyl (C=O) groups excluding carboxylic acids is 2. The summed E-state index contributed by atoms with van der Waals surface area (Å²) in [5.41, 5.74) is 3.96. The summed E-state index contributed by atoms with van der Waals surface area (Å²) in [5.74, 6) is -0.207. The zero-order valence-electron chi connectivity index (χ0n) is 17.2. The highest BCUT2D eigenvalue weighted by Crippen LogP contribution is 2.33. The van der Waals surface area contributed by atoms with Gasteiger partial charge in [0.2, 0.25) is 0 Å². The van der Waals surface area contributed by atoms with Crippen LogP contribution >= 0.6 is 0 Å². The summed E-state index contributed by atoms with van der Waals surface area (Å²) >= 11 is 0. The van der Waals surface area contributed by atoms with Gasteiger partial charge in [0.1, 0.15) is 11.3 Å². The fraction of sp³-hybridized carbons (Fsp3) is 0.120. The van der Waals surface area contributed by atoms with Crippen molar-refractivity contribution in [3.63, 3.8) is 0 Å². The topological polar surface area (TPSA) is 77.8 Å². The largest absolute Gasteiger partial charge is 0.481 e. The molecule has 0 aliphatic heterocycles. The summed E-state index contributed by atoms with van der Waals surface area (Å²) in [6.45, 7) is 1.56. The molecule has 156 valence electrons. The average molecular weight is 415 g/mol. The quantitative estimate of drug-likeness (QED) is 0.437. The number of furan rings is 1. The van der Waals surface area contributed by atoms with Crippen LogP contribution in [-0.2, 0) is 9.53 Å². The van der Waals surface area contributed by atoms with Gasteiger partial charge in [0.05, 0.1) is 12.5 Å². The van der Waals surface area contributed by atoms with Gasteiger partial charge in [-0.25, -0.2) is 4.79 Å². The van der Waals surface area contributed by atoms with Crippen molar-refractivity contribution in [2.75, 3.05) is 19.0 Å². The van der Waals surface area contributed by atoms with Crippen molar-refractivity contribution in [2.24, 2.45) is 0 Å². The van der Waals surface area contributed by atoms with Gasteiger partial charge < -0.3 is 19.2 Å². The summed E-state index contributed by atoms with van der Waals surface area (Å²) in [7, 11) is 1.30. The lowest BCUT2D eigenvalue weighted by Gasteiger charge is -2.07. The third kappa shape index (κ3) is 4.28. The summed E-state index contributed by atoms with van der Waals surface area (Å²) in [4.78, 5) is 24.3. The first-order valence-corrected chi connectivity index (χ1v) is 9.75. The number of nitrogens with one attached hydrogen (secondary N) is 1. The fourth-order valence-electron chi connectivity index (χ4n) is 3.36. The Hall–Kier alpha value is -4.06. The number of benzene rings is 3. The highest BCUT2D eigenvalue weighted by molar-refractivity contribution is 6.07. The van der Waals surface area contributed by atoms with Crippen LogP contribution in [-0.4, -0.2) is 25.6 Å². The number of anilines is 1. The van der Waals surface area contributed by atoms with Crippen molar-refractivity contribution >= 4 is 28.5 Å². The summed E-state index contributed by atoms with van der Waals surface area (Å²) in [6.07, 6.45) is 0. The summed E-state index contributed by atoms with van der Waals surface area (Å²) in [5, 5.41) is 3.52. The van der Waals surface area contributed by atoms with Crippen molar-refractivity contribution in [3.05, 3.63) is 84.1 Å². The molecular weight excluding hydrogens is 394 g/mol. The number of esters is 1. The molecule has 31 heavy (non-hydrogen) atoms. The Kier molecular flexibility index (Phi) is 5.71. The van der Waals surface area contributed by atoms with Crippen molar-refractivity contribution in [3.8, 4) is 16.9 Å². The Morgan fingerprint density at radius 1 is 0.903 bits per heavy atom. The number of carbonyl (C=O) groups is 2. The van der Waals surface area contributed by atoms with Gasteiger partial charge in [-0.1, -0.05) is 48.5 Å². The molecule has 0 radical (unpaired) electrons. The molecule has 0 spiro atoms. The van der Waals surface area contributed by atoms with Crippen LogP contribution in [0.5, 0.6) is 5.75 Å². The molecule has 4 rings (SSSR count). The molecule has 1 aromatic heterocycles. The lowest BCUT2D eigenvalue weighted by atomic mass is 10.1. The van der Waals surface area contributed by atoms with Crippen molar-refractivity contribution in [2.45, 2.75) is 6.92 Å². The molecule has 6 heteroatoms. The first kappa shape index (κ1) is 20.2. The van der Waals surface area contributed by atoms with Crippen molar-refractivity contribution < 1.29 is 23.5 Å². The maximum atomic E-state index is 12.9. The lowest BCUT2D eigenvalue weighted by Crippen LogP contribution is -2.13. The Bertz CT molecular complexity index is 1230. The average Bonchev–Trinajstić information content (AvgIpc) is 3.15. The predicted molar refractivity (Wildman–Crippen MR) is 118 cm³/mol. The van der Waals surface area contributed by atoms with Gasteiger partial charge in [-0.3, -0.25) is 4.79 Å². The monoisotopic (exact) mass is 415 g/mol. The maximum absolute atomic E-state index is 12.9. The van der Waals surface area contributed by atoms with E-state index in [1.54, 1.807) is 25.1 Å². The number of aryl methyl sites for hydroxylation is 1. The van der Waals surface area contributed by atoms with Gasteiger partial charge in [0.15, 0.2) is 12.4 Å². The Morgan fingerprint density at radius 2 is 1.61 bits per heavy atom. The molecule has 0 atom stereocenters. The molecule has 6 nitrogen and oxygen atoms in total. The molecule has 3 aromatic carbocycles. The Morgan fingerprint density at radius 3 is 2.32 bits per heavy atom. The summed E-state index contributed by atoms with van der Waals surface area (Å²) < 4.78 is 16.0. The standard InChI is InChI=1S/C25H21NO5/c1-16-23-20(30-15-22(27)29-2)9-6-10-21(23)31-24(16)25(28)26-19-13-11-18(12-14-19)17-7-4-3-5-8-17/h3-14H,15H2,1-2H3,(H,26,28). The van der Waals surface area contributed by atoms with Gasteiger partial charge >= 0.3 is 5.97 Å². The Balaban J connectivity index is 1.55. The third-order valence-corrected chi connectivity index (χ3v) is 4.94. The Labute approximate surface area is 179 Å². The number of hydrogen-bond acceptors (Lipinski definition) is 5. The van der Waals surface area contributed by atoms with Crippen LogP contribution in [0.3, 0.4) is 0 Å². The number of ether oxygens (including phenoxy) is 2. The SMILES string of the molecule is COC(=O)COc1cccc2oc(C(=O)Nc3ccc(-c4ccccc4)cc3)c(C)c12. The van der Waals surface area contributed by atoms with Crippen LogP contribution in [0.1, 0.15) is 16.1 Å². The van der Waals surface area contributed by atoms with Crippen LogP contribution in [0, 0.1) is 6.92 Å². The van der Waals surface area contributed by atoms with E-state index in [0.717, 1.165) is 11.1 Å². The van der Waals surface area contributed by atoms with Gasteiger partial charge in [0.25, 0.3) is 5.91 Å². The zero-order chi connectivity index (χ0) is 21.8. The number of hydrogen-bond donors (Lipinski definition) is 1. The van der Waals surface area contributed by atoms with Crippen molar-refractivity contribution in [1.82, 2.24) is 0 Å². The molecule has 0 saturated heterocycles. The second-order valence-electron chi connectivity index (χ2n) is 6.95. The minimum absolute atomic E-state index is 0.191. The second kappa shape index (κ2) is 8.75. The molecule has 0 bridgehead atoms. The van der Waals surface area contributed by atoms with Crippen LogP contribution < -0.4 is 10.1 Å². The van der Waals surface area contributed by atoms with E-state index >= 15 is 0 Å². The molecule has 0 unspecified atom stereocenters. The number of fused-ring (bicyclic) bond motifs is 1. The molecular formula is C25H21NO5. The van der Waals surface area contributed by atoms with Gasteiger partial charge in [0, 0.05) is 11.3 Å². The fourth-order valence-corrected chi connectivity index (χ4v) is 3.36. The van der Waals surface area contributed by atoms with Crippen molar-refractivity contribution in [1.29, 1.82) is 0 Å². The highest BCUT2D eigenvalue weighted by Gasteiger charge is 2.21. The van der Waals surface area contributed by atoms with Gasteiger partial charge in [-0.05, 0) is 42.3 Å². The summed E-state index contributed by atoms with van der Waals surface area (Å²) in [6, 6.07) is 22.8. The van der Waals surface area contributed by atoms with E-state index in [9.17, 15) is 9.59 Å². The van der Waals surface area contributed by atoms with E-state index < -0.39 is 5.97 Å². The minimum atomic E-state index is -0.491. The highest BCUT2D eigenvalue weighted by atomic mass is 16.6. The molecule has 1 amide bonds. The van der Waals surface area contributed by atoms with Gasteiger partial charge in [-0.2, -0.15) is 0 Å². The van der Waals surface area contributed by atoms with Crippen LogP contribution in [0.15, 0.2) is 77.2 Å². The van der Waals surface area contributed by atoms with E-state index in [4.69, 9.17) is 9.15 Å². The second-order valence-corrected chi connectivity index (χ2v) is 6.95. The smallest absolute Gasteiger partial charge is 0.343 e. The molecule has 1 N–H and O–H groups in total. The van der Waals surface area contributed by atoms with E-state index in [0.29, 0.717) is 28.0 Å². The molecule has 0 aliphatic carbocycles. The minimum Gasteiger partial charge on any atom is -0.481 e. The zero-order valence-corrected chi connectivity index (χ0v) is 17.2. The number of amides is 1. The van der Waals surface area contributed by atoms with E-state index in [-0.39, 0.29) is 18.3 Å². The first-order chi connectivity index (χ1) is 15.1. The van der Waals surface area contributed by atoms with E-state index in [2.05, 4.69) is 10.1 Å². The predicted octanol–water partition coefficient (Wildman–Crippen LogP) is 5.21. The molecule has 0 saturated carbocycles. The number of rotatable bonds is 6. The molecule has 4 aromatic rings. The van der Waals surface area contributed by atoms with E-state index in [1.165, 1.54) is 7.11 Å². The maximum Gasteiger partial charge on any atom is 0.343 e. The van der Waals surface area contributed by atoms with Crippen LogP contribution in [0.25, 0.3) is 22.1 Å². The third-order valence-electron chi connectivity index (χ3n) is 4.94. The normalized spacial score (nSPS) is 10.6. The van der Waals surface area contributed by atoms with Crippen LogP contribution in [0.2, 0.25) is 0 Å².